The topological polar surface area (TPSA) is 70.2 Å². The third-order valence-corrected chi connectivity index (χ3v) is 3.73. The lowest BCUT2D eigenvalue weighted by Crippen LogP contribution is -2.46. The summed E-state index contributed by atoms with van der Waals surface area (Å²) in [5.74, 6) is -0.0643. The van der Waals surface area contributed by atoms with Crippen LogP contribution in [-0.2, 0) is 4.74 Å². The lowest BCUT2D eigenvalue weighted by Gasteiger charge is -2.29. The van der Waals surface area contributed by atoms with Crippen LogP contribution in [0, 0.1) is 0 Å². The fourth-order valence-electron chi connectivity index (χ4n) is 2.68. The number of hydrogen-bond donors (Lipinski definition) is 2. The second kappa shape index (κ2) is 6.24. The standard InChI is InChI=1S/C15H20N4O2/c1-11(10-19-5-7-21-8-6-19)17-15(20)13-4-2-3-12-9-16-18-14(12)13/h2-4,9,11H,5-8,10H2,1H3,(H,16,18)(H,17,20)/t11-/m1/s1. The van der Waals surface area contributed by atoms with Crippen molar-refractivity contribution in [3.8, 4) is 0 Å². The molecule has 1 saturated heterocycles. The van der Waals surface area contributed by atoms with Crippen molar-refractivity contribution in [2.24, 2.45) is 0 Å². The van der Waals surface area contributed by atoms with Crippen molar-refractivity contribution in [2.45, 2.75) is 13.0 Å². The molecule has 1 aliphatic rings. The third kappa shape index (κ3) is 3.22. The van der Waals surface area contributed by atoms with E-state index < -0.39 is 0 Å². The number of nitrogens with one attached hydrogen (secondary N) is 2. The van der Waals surface area contributed by atoms with Crippen LogP contribution < -0.4 is 5.32 Å². The maximum atomic E-state index is 12.4. The van der Waals surface area contributed by atoms with Crippen LogP contribution in [0.2, 0.25) is 0 Å². The van der Waals surface area contributed by atoms with Crippen molar-refractivity contribution in [1.29, 1.82) is 0 Å². The zero-order chi connectivity index (χ0) is 14.7. The largest absolute Gasteiger partial charge is 0.379 e. The van der Waals surface area contributed by atoms with Gasteiger partial charge in [0.25, 0.3) is 5.91 Å². The van der Waals surface area contributed by atoms with E-state index in [1.807, 2.05) is 25.1 Å². The van der Waals surface area contributed by atoms with Crippen LogP contribution in [0.4, 0.5) is 0 Å². The predicted octanol–water partition coefficient (Wildman–Crippen LogP) is 1.01. The van der Waals surface area contributed by atoms with E-state index in [4.69, 9.17) is 4.74 Å². The van der Waals surface area contributed by atoms with Crippen LogP contribution >= 0.6 is 0 Å². The molecule has 1 atom stereocenters. The van der Waals surface area contributed by atoms with Gasteiger partial charge in [-0.15, -0.1) is 0 Å². The minimum Gasteiger partial charge on any atom is -0.379 e. The summed E-state index contributed by atoms with van der Waals surface area (Å²) < 4.78 is 5.33. The van der Waals surface area contributed by atoms with Crippen molar-refractivity contribution in [1.82, 2.24) is 20.4 Å². The molecule has 1 aliphatic heterocycles. The molecular formula is C15H20N4O2. The number of aromatic amines is 1. The number of morpholine rings is 1. The molecule has 2 N–H and O–H groups in total. The number of rotatable bonds is 4. The fourth-order valence-corrected chi connectivity index (χ4v) is 2.68. The van der Waals surface area contributed by atoms with Gasteiger partial charge in [-0.25, -0.2) is 0 Å². The van der Waals surface area contributed by atoms with Gasteiger partial charge in [0.1, 0.15) is 0 Å². The van der Waals surface area contributed by atoms with E-state index in [-0.39, 0.29) is 11.9 Å². The van der Waals surface area contributed by atoms with Crippen LogP contribution in [0.3, 0.4) is 0 Å². The van der Waals surface area contributed by atoms with E-state index in [0.29, 0.717) is 5.56 Å². The summed E-state index contributed by atoms with van der Waals surface area (Å²) >= 11 is 0. The Morgan fingerprint density at radius 2 is 2.29 bits per heavy atom. The molecule has 1 amide bonds. The first-order valence-corrected chi connectivity index (χ1v) is 7.27. The fraction of sp³-hybridized carbons (Fsp3) is 0.467. The van der Waals surface area contributed by atoms with Crippen molar-refractivity contribution in [3.63, 3.8) is 0 Å². The van der Waals surface area contributed by atoms with Gasteiger partial charge in [-0.1, -0.05) is 12.1 Å². The van der Waals surface area contributed by atoms with Crippen LogP contribution in [0.1, 0.15) is 17.3 Å². The molecule has 2 aromatic rings. The average Bonchev–Trinajstić information content (AvgIpc) is 2.96. The summed E-state index contributed by atoms with van der Waals surface area (Å²) in [4.78, 5) is 14.7. The van der Waals surface area contributed by atoms with Crippen LogP contribution in [0.25, 0.3) is 10.9 Å². The highest BCUT2D eigenvalue weighted by Gasteiger charge is 2.17. The van der Waals surface area contributed by atoms with Gasteiger partial charge in [0.2, 0.25) is 0 Å². The highest BCUT2D eigenvalue weighted by atomic mass is 16.5. The predicted molar refractivity (Wildman–Crippen MR) is 80.3 cm³/mol. The number of aromatic nitrogens is 2. The molecule has 1 aromatic carbocycles. The van der Waals surface area contributed by atoms with Crippen LogP contribution in [0.5, 0.6) is 0 Å². The van der Waals surface area contributed by atoms with Crippen LogP contribution in [-0.4, -0.2) is 59.9 Å². The minimum absolute atomic E-state index is 0.0643. The Morgan fingerprint density at radius 3 is 3.10 bits per heavy atom. The van der Waals surface area contributed by atoms with E-state index in [2.05, 4.69) is 20.4 Å². The lowest BCUT2D eigenvalue weighted by molar-refractivity contribution is 0.0342. The van der Waals surface area contributed by atoms with Gasteiger partial charge in [0.15, 0.2) is 0 Å². The summed E-state index contributed by atoms with van der Waals surface area (Å²) in [5.41, 5.74) is 1.42. The Kier molecular flexibility index (Phi) is 4.17. The number of ether oxygens (including phenoxy) is 1. The number of H-pyrrole nitrogens is 1. The quantitative estimate of drug-likeness (QED) is 0.881. The Hall–Kier alpha value is -1.92. The lowest BCUT2D eigenvalue weighted by atomic mass is 10.1. The van der Waals surface area contributed by atoms with Crippen molar-refractivity contribution >= 4 is 16.8 Å². The SMILES string of the molecule is C[C@H](CN1CCOCC1)NC(=O)c1cccc2cn[nH]c12. The van der Waals surface area contributed by atoms with E-state index in [1.165, 1.54) is 0 Å². The normalized spacial score (nSPS) is 17.8. The molecular weight excluding hydrogens is 268 g/mol. The Labute approximate surface area is 123 Å². The van der Waals surface area contributed by atoms with Crippen molar-refractivity contribution in [3.05, 3.63) is 30.0 Å². The minimum atomic E-state index is -0.0643. The zero-order valence-corrected chi connectivity index (χ0v) is 12.1. The first-order valence-electron chi connectivity index (χ1n) is 7.27. The summed E-state index contributed by atoms with van der Waals surface area (Å²) in [7, 11) is 0. The Balaban J connectivity index is 1.64. The summed E-state index contributed by atoms with van der Waals surface area (Å²) in [6.07, 6.45) is 1.73. The first-order chi connectivity index (χ1) is 10.2. The zero-order valence-electron chi connectivity index (χ0n) is 12.1. The van der Waals surface area contributed by atoms with E-state index in [9.17, 15) is 4.79 Å². The molecule has 3 rings (SSSR count). The molecule has 0 unspecified atom stereocenters. The summed E-state index contributed by atoms with van der Waals surface area (Å²) in [6, 6.07) is 5.72. The maximum Gasteiger partial charge on any atom is 0.253 e. The number of para-hydroxylation sites is 1. The molecule has 6 nitrogen and oxygen atoms in total. The molecule has 2 heterocycles. The van der Waals surface area contributed by atoms with E-state index in [0.717, 1.165) is 43.8 Å². The highest BCUT2D eigenvalue weighted by Crippen LogP contribution is 2.15. The second-order valence-electron chi connectivity index (χ2n) is 5.43. The van der Waals surface area contributed by atoms with Gasteiger partial charge in [-0.2, -0.15) is 5.10 Å². The van der Waals surface area contributed by atoms with Gasteiger partial charge in [-0.05, 0) is 13.0 Å². The van der Waals surface area contributed by atoms with E-state index >= 15 is 0 Å². The molecule has 112 valence electrons. The monoisotopic (exact) mass is 288 g/mol. The second-order valence-corrected chi connectivity index (χ2v) is 5.43. The molecule has 0 spiro atoms. The molecule has 0 bridgehead atoms. The third-order valence-electron chi connectivity index (χ3n) is 3.73. The van der Waals surface area contributed by atoms with E-state index in [1.54, 1.807) is 6.20 Å². The average molecular weight is 288 g/mol. The number of carbonyl (C=O) groups excluding carboxylic acids is 1. The van der Waals surface area contributed by atoms with Gasteiger partial charge in [0, 0.05) is 31.1 Å². The highest BCUT2D eigenvalue weighted by molar-refractivity contribution is 6.05. The summed E-state index contributed by atoms with van der Waals surface area (Å²) in [5, 5.41) is 10.9. The Bertz CT molecular complexity index is 619. The molecule has 0 radical (unpaired) electrons. The number of carbonyl (C=O) groups is 1. The maximum absolute atomic E-state index is 12.4. The number of amides is 1. The van der Waals surface area contributed by atoms with Gasteiger partial charge in [-0.3, -0.25) is 14.8 Å². The number of fused-ring (bicyclic) bond motifs is 1. The van der Waals surface area contributed by atoms with Gasteiger partial charge in [0.05, 0.1) is 30.5 Å². The molecule has 6 heteroatoms. The number of benzene rings is 1. The first kappa shape index (κ1) is 14.0. The Morgan fingerprint density at radius 1 is 1.48 bits per heavy atom. The molecule has 21 heavy (non-hydrogen) atoms. The molecule has 1 aromatic heterocycles. The number of nitrogens with zero attached hydrogens (tertiary/aromatic N) is 2. The number of hydrogen-bond acceptors (Lipinski definition) is 4. The molecule has 1 fully saturated rings. The van der Waals surface area contributed by atoms with Gasteiger partial charge < -0.3 is 10.1 Å². The molecule has 0 aliphatic carbocycles. The molecule has 0 saturated carbocycles. The van der Waals surface area contributed by atoms with Crippen molar-refractivity contribution in [2.75, 3.05) is 32.8 Å². The summed E-state index contributed by atoms with van der Waals surface area (Å²) in [6.45, 7) is 6.27. The van der Waals surface area contributed by atoms with Crippen LogP contribution in [0.15, 0.2) is 24.4 Å². The van der Waals surface area contributed by atoms with Crippen molar-refractivity contribution < 1.29 is 9.53 Å². The van der Waals surface area contributed by atoms with Gasteiger partial charge >= 0.3 is 0 Å². The smallest absolute Gasteiger partial charge is 0.253 e.